The Morgan fingerprint density at radius 3 is 2.41 bits per heavy atom. The largest absolute Gasteiger partial charge is 0.338 e. The van der Waals surface area contributed by atoms with E-state index in [1.807, 2.05) is 47.4 Å². The lowest BCUT2D eigenvalue weighted by Gasteiger charge is -2.38. The Morgan fingerprint density at radius 1 is 0.906 bits per heavy atom. The molecule has 2 atom stereocenters. The van der Waals surface area contributed by atoms with Gasteiger partial charge in [0.2, 0.25) is 0 Å². The number of fused-ring (bicyclic) bond motifs is 1. The molecule has 4 heteroatoms. The summed E-state index contributed by atoms with van der Waals surface area (Å²) in [5, 5.41) is 2.16. The van der Waals surface area contributed by atoms with Crippen LogP contribution in [0.4, 0.5) is 4.39 Å². The van der Waals surface area contributed by atoms with Gasteiger partial charge in [-0.1, -0.05) is 48.5 Å². The summed E-state index contributed by atoms with van der Waals surface area (Å²) in [4.78, 5) is 18.0. The van der Waals surface area contributed by atoms with Crippen LogP contribution in [0.5, 0.6) is 0 Å². The van der Waals surface area contributed by atoms with E-state index >= 15 is 0 Å². The molecule has 2 aliphatic heterocycles. The van der Waals surface area contributed by atoms with Gasteiger partial charge in [-0.05, 0) is 85.6 Å². The van der Waals surface area contributed by atoms with Gasteiger partial charge in [0.15, 0.2) is 0 Å². The fourth-order valence-electron chi connectivity index (χ4n) is 5.62. The summed E-state index contributed by atoms with van der Waals surface area (Å²) in [5.41, 5.74) is 2.07. The van der Waals surface area contributed by atoms with E-state index in [0.717, 1.165) is 61.8 Å². The van der Waals surface area contributed by atoms with Crippen molar-refractivity contribution in [2.24, 2.45) is 5.92 Å². The first-order chi connectivity index (χ1) is 15.6. The highest BCUT2D eigenvalue weighted by atomic mass is 19.1. The molecule has 2 heterocycles. The average molecular weight is 431 g/mol. The van der Waals surface area contributed by atoms with Crippen LogP contribution in [0.3, 0.4) is 0 Å². The number of halogens is 1. The van der Waals surface area contributed by atoms with E-state index in [1.165, 1.54) is 5.56 Å². The Morgan fingerprint density at radius 2 is 1.62 bits per heavy atom. The number of amides is 1. The average Bonchev–Trinajstić information content (AvgIpc) is 3.34. The van der Waals surface area contributed by atoms with Crippen molar-refractivity contribution in [1.29, 1.82) is 0 Å². The number of rotatable bonds is 4. The second-order valence-electron chi connectivity index (χ2n) is 9.43. The minimum absolute atomic E-state index is 0.159. The summed E-state index contributed by atoms with van der Waals surface area (Å²) in [6, 6.07) is 21.6. The third-order valence-electron chi connectivity index (χ3n) is 7.66. The van der Waals surface area contributed by atoms with E-state index in [4.69, 9.17) is 0 Å². The standard InChI is InChI=1S/C28H31FN2O/c1-20(30-16-13-22(14-17-30)21-9-11-25(29)12-10-21)24-15-18-31(19-24)28(32)27-8-4-6-23-5-2-3-7-26(23)27/h2-12,20,22,24H,13-19H2,1H3. The zero-order chi connectivity index (χ0) is 22.1. The molecule has 0 spiro atoms. The zero-order valence-electron chi connectivity index (χ0n) is 18.7. The highest BCUT2D eigenvalue weighted by molar-refractivity contribution is 6.07. The smallest absolute Gasteiger partial charge is 0.254 e. The van der Waals surface area contributed by atoms with Crippen LogP contribution in [0.25, 0.3) is 10.8 Å². The Kier molecular flexibility index (Phi) is 5.97. The van der Waals surface area contributed by atoms with E-state index in [9.17, 15) is 9.18 Å². The molecule has 3 nitrogen and oxygen atoms in total. The van der Waals surface area contributed by atoms with Crippen molar-refractivity contribution in [2.45, 2.75) is 38.1 Å². The number of likely N-dealkylation sites (tertiary alicyclic amines) is 2. The molecule has 3 aromatic rings. The van der Waals surface area contributed by atoms with Gasteiger partial charge >= 0.3 is 0 Å². The Labute approximate surface area is 189 Å². The van der Waals surface area contributed by atoms with Crippen molar-refractivity contribution in [3.8, 4) is 0 Å². The maximum atomic E-state index is 13.3. The normalized spacial score (nSPS) is 21.2. The van der Waals surface area contributed by atoms with Gasteiger partial charge in [-0.2, -0.15) is 0 Å². The Hall–Kier alpha value is -2.72. The van der Waals surface area contributed by atoms with Gasteiger partial charge < -0.3 is 9.80 Å². The van der Waals surface area contributed by atoms with Crippen LogP contribution >= 0.6 is 0 Å². The van der Waals surface area contributed by atoms with Crippen LogP contribution in [0, 0.1) is 11.7 Å². The van der Waals surface area contributed by atoms with Crippen LogP contribution in [0.2, 0.25) is 0 Å². The lowest BCUT2D eigenvalue weighted by Crippen LogP contribution is -2.44. The predicted octanol–water partition coefficient (Wildman–Crippen LogP) is 5.71. The van der Waals surface area contributed by atoms with Gasteiger partial charge in [0.05, 0.1) is 0 Å². The van der Waals surface area contributed by atoms with E-state index in [-0.39, 0.29) is 11.7 Å². The predicted molar refractivity (Wildman–Crippen MR) is 127 cm³/mol. The molecule has 0 saturated carbocycles. The molecular weight excluding hydrogens is 399 g/mol. The topological polar surface area (TPSA) is 23.6 Å². The summed E-state index contributed by atoms with van der Waals surface area (Å²) in [6.07, 6.45) is 3.29. The van der Waals surface area contributed by atoms with Gasteiger partial charge in [0, 0.05) is 24.7 Å². The lowest BCUT2D eigenvalue weighted by atomic mass is 9.87. The van der Waals surface area contributed by atoms with Crippen molar-refractivity contribution >= 4 is 16.7 Å². The minimum Gasteiger partial charge on any atom is -0.338 e. The monoisotopic (exact) mass is 430 g/mol. The van der Waals surface area contributed by atoms with Gasteiger partial charge in [0.25, 0.3) is 5.91 Å². The fraction of sp³-hybridized carbons (Fsp3) is 0.393. The second-order valence-corrected chi connectivity index (χ2v) is 9.43. The van der Waals surface area contributed by atoms with Gasteiger partial charge in [0.1, 0.15) is 5.82 Å². The molecule has 2 unspecified atom stereocenters. The first kappa shape index (κ1) is 21.1. The first-order valence-corrected chi connectivity index (χ1v) is 11.9. The third-order valence-corrected chi connectivity index (χ3v) is 7.66. The lowest BCUT2D eigenvalue weighted by molar-refractivity contribution is 0.0767. The van der Waals surface area contributed by atoms with Gasteiger partial charge in [-0.3, -0.25) is 4.79 Å². The summed E-state index contributed by atoms with van der Waals surface area (Å²) in [6.45, 7) is 6.13. The van der Waals surface area contributed by atoms with Crippen LogP contribution < -0.4 is 0 Å². The van der Waals surface area contributed by atoms with Crippen molar-refractivity contribution in [3.63, 3.8) is 0 Å². The van der Waals surface area contributed by atoms with E-state index in [1.54, 1.807) is 12.1 Å². The second kappa shape index (κ2) is 9.03. The zero-order valence-corrected chi connectivity index (χ0v) is 18.7. The molecule has 2 aliphatic rings. The molecule has 0 radical (unpaired) electrons. The molecule has 0 aromatic heterocycles. The van der Waals surface area contributed by atoms with Gasteiger partial charge in [-0.25, -0.2) is 4.39 Å². The molecule has 0 bridgehead atoms. The highest BCUT2D eigenvalue weighted by Gasteiger charge is 2.34. The number of piperidine rings is 1. The molecule has 2 saturated heterocycles. The van der Waals surface area contributed by atoms with E-state index in [2.05, 4.69) is 24.0 Å². The van der Waals surface area contributed by atoms with Crippen molar-refractivity contribution < 1.29 is 9.18 Å². The number of carbonyl (C=O) groups excluding carboxylic acids is 1. The Balaban J connectivity index is 1.20. The summed E-state index contributed by atoms with van der Waals surface area (Å²) in [5.74, 6) is 1.03. The van der Waals surface area contributed by atoms with Crippen molar-refractivity contribution in [1.82, 2.24) is 9.80 Å². The SMILES string of the molecule is CC(C1CCN(C(=O)c2cccc3ccccc23)C1)N1CCC(c2ccc(F)cc2)CC1. The Bertz CT molecular complexity index is 1080. The van der Waals surface area contributed by atoms with Crippen LogP contribution in [-0.4, -0.2) is 47.9 Å². The molecule has 5 rings (SSSR count). The van der Waals surface area contributed by atoms with E-state index in [0.29, 0.717) is 17.9 Å². The van der Waals surface area contributed by atoms with Crippen molar-refractivity contribution in [3.05, 3.63) is 83.7 Å². The number of hydrogen-bond donors (Lipinski definition) is 0. The maximum Gasteiger partial charge on any atom is 0.254 e. The highest BCUT2D eigenvalue weighted by Crippen LogP contribution is 2.32. The molecule has 0 N–H and O–H groups in total. The summed E-state index contributed by atoms with van der Waals surface area (Å²) >= 11 is 0. The number of benzene rings is 3. The molecule has 0 aliphatic carbocycles. The molecule has 166 valence electrons. The van der Waals surface area contributed by atoms with Crippen molar-refractivity contribution in [2.75, 3.05) is 26.2 Å². The third kappa shape index (κ3) is 4.16. The molecule has 2 fully saturated rings. The minimum atomic E-state index is -0.163. The molecule has 1 amide bonds. The molecule has 32 heavy (non-hydrogen) atoms. The number of nitrogens with zero attached hydrogens (tertiary/aromatic N) is 2. The molecule has 3 aromatic carbocycles. The van der Waals surface area contributed by atoms with Gasteiger partial charge in [-0.15, -0.1) is 0 Å². The number of hydrogen-bond acceptors (Lipinski definition) is 2. The van der Waals surface area contributed by atoms with Crippen LogP contribution in [-0.2, 0) is 0 Å². The first-order valence-electron chi connectivity index (χ1n) is 11.9. The van der Waals surface area contributed by atoms with E-state index < -0.39 is 0 Å². The summed E-state index contributed by atoms with van der Waals surface area (Å²) < 4.78 is 13.2. The maximum absolute atomic E-state index is 13.3. The summed E-state index contributed by atoms with van der Waals surface area (Å²) in [7, 11) is 0. The van der Waals surface area contributed by atoms with Crippen LogP contribution in [0.15, 0.2) is 66.7 Å². The quantitative estimate of drug-likeness (QED) is 0.529. The fourth-order valence-corrected chi connectivity index (χ4v) is 5.62. The number of carbonyl (C=O) groups is 1. The van der Waals surface area contributed by atoms with Crippen LogP contribution in [0.1, 0.15) is 48.0 Å². The molecular formula is C28H31FN2O.